The molecule has 0 bridgehead atoms. The molecule has 2 rings (SSSR count). The van der Waals surface area contributed by atoms with Crippen LogP contribution < -0.4 is 0 Å². The van der Waals surface area contributed by atoms with Crippen LogP contribution in [0.4, 0.5) is 0 Å². The van der Waals surface area contributed by atoms with Crippen LogP contribution in [0.1, 0.15) is 93.7 Å². The van der Waals surface area contributed by atoms with Gasteiger partial charge in [0.25, 0.3) is 0 Å². The molecule has 0 aliphatic carbocycles. The summed E-state index contributed by atoms with van der Waals surface area (Å²) in [7, 11) is 0. The molecule has 0 saturated carbocycles. The van der Waals surface area contributed by atoms with Gasteiger partial charge in [0.1, 0.15) is 0 Å². The van der Waals surface area contributed by atoms with Crippen molar-refractivity contribution in [2.24, 2.45) is 5.92 Å². The highest BCUT2D eigenvalue weighted by Gasteiger charge is 2.21. The van der Waals surface area contributed by atoms with E-state index in [1.54, 1.807) is 0 Å². The molecule has 0 aliphatic rings. The van der Waals surface area contributed by atoms with Crippen molar-refractivity contribution in [3.05, 3.63) is 69.8 Å². The molecular formula is C27H40. The van der Waals surface area contributed by atoms with Gasteiger partial charge in [-0.05, 0) is 90.2 Å². The molecule has 0 heteroatoms. The van der Waals surface area contributed by atoms with E-state index in [1.807, 2.05) is 0 Å². The second-order valence-corrected chi connectivity index (χ2v) is 9.82. The first-order valence-electron chi connectivity index (χ1n) is 10.8. The fourth-order valence-corrected chi connectivity index (χ4v) is 4.25. The average molecular weight is 365 g/mol. The largest absolute Gasteiger partial charge is 0.0625 e. The lowest BCUT2D eigenvalue weighted by Gasteiger charge is -2.27. The molecule has 0 atom stereocenters. The van der Waals surface area contributed by atoms with Gasteiger partial charge < -0.3 is 0 Å². The zero-order chi connectivity index (χ0) is 20.2. The fraction of sp³-hybridized carbons (Fsp3) is 0.556. The number of hydrogen-bond acceptors (Lipinski definition) is 0. The molecule has 0 aliphatic heterocycles. The normalized spacial score (nSPS) is 12.2. The Labute approximate surface area is 168 Å². The van der Waals surface area contributed by atoms with Crippen molar-refractivity contribution in [1.29, 1.82) is 0 Å². The van der Waals surface area contributed by atoms with Crippen LogP contribution in [0, 0.1) is 19.8 Å². The molecule has 148 valence electrons. The number of hydrogen-bond donors (Lipinski definition) is 0. The van der Waals surface area contributed by atoms with Gasteiger partial charge in [0.2, 0.25) is 0 Å². The predicted molar refractivity (Wildman–Crippen MR) is 121 cm³/mol. The third-order valence-electron chi connectivity index (χ3n) is 5.97. The monoisotopic (exact) mass is 364 g/mol. The smallest absolute Gasteiger partial charge is 0.0103 e. The molecule has 27 heavy (non-hydrogen) atoms. The van der Waals surface area contributed by atoms with E-state index in [9.17, 15) is 0 Å². The number of rotatable bonds is 8. The predicted octanol–water partition coefficient (Wildman–Crippen LogP) is 7.93. The maximum atomic E-state index is 2.42. The van der Waals surface area contributed by atoms with Crippen LogP contribution in [0.15, 0.2) is 36.4 Å². The summed E-state index contributed by atoms with van der Waals surface area (Å²) in [6, 6.07) is 14.2. The van der Waals surface area contributed by atoms with Gasteiger partial charge in [-0.15, -0.1) is 0 Å². The van der Waals surface area contributed by atoms with E-state index in [0.717, 1.165) is 5.92 Å². The second-order valence-electron chi connectivity index (χ2n) is 9.82. The topological polar surface area (TPSA) is 0 Å². The highest BCUT2D eigenvalue weighted by Crippen LogP contribution is 2.32. The molecule has 0 N–H and O–H groups in total. The molecule has 0 aromatic heterocycles. The van der Waals surface area contributed by atoms with Crippen LogP contribution in [0.3, 0.4) is 0 Å². The summed E-state index contributed by atoms with van der Waals surface area (Å²) in [4.78, 5) is 0. The van der Waals surface area contributed by atoms with Gasteiger partial charge in [0.15, 0.2) is 0 Å². The van der Waals surface area contributed by atoms with Crippen LogP contribution in [0.5, 0.6) is 0 Å². The highest BCUT2D eigenvalue weighted by molar-refractivity contribution is 5.36. The zero-order valence-electron chi connectivity index (χ0n) is 18.9. The molecule has 0 radical (unpaired) electrons. The maximum absolute atomic E-state index is 2.42. The summed E-state index contributed by atoms with van der Waals surface area (Å²) in [5.74, 6) is 1.32. The summed E-state index contributed by atoms with van der Waals surface area (Å²) in [6.07, 6.45) is 4.82. The Kier molecular flexibility index (Phi) is 7.32. The quantitative estimate of drug-likeness (QED) is 0.446. The molecule has 0 nitrogen and oxygen atoms in total. The summed E-state index contributed by atoms with van der Waals surface area (Å²) >= 11 is 0. The van der Waals surface area contributed by atoms with Gasteiger partial charge in [-0.25, -0.2) is 0 Å². The Hall–Kier alpha value is -1.56. The van der Waals surface area contributed by atoms with Crippen molar-refractivity contribution in [2.75, 3.05) is 0 Å². The minimum atomic E-state index is 0.228. The summed E-state index contributed by atoms with van der Waals surface area (Å²) in [5.41, 5.74) is 9.08. The maximum Gasteiger partial charge on any atom is -0.0103 e. The minimum absolute atomic E-state index is 0.228. The lowest BCUT2D eigenvalue weighted by molar-refractivity contribution is 0.460. The highest BCUT2D eigenvalue weighted by atomic mass is 14.3. The van der Waals surface area contributed by atoms with Crippen molar-refractivity contribution in [3.63, 3.8) is 0 Å². The van der Waals surface area contributed by atoms with E-state index in [1.165, 1.54) is 59.1 Å². The van der Waals surface area contributed by atoms with Gasteiger partial charge in [0, 0.05) is 0 Å². The van der Waals surface area contributed by atoms with E-state index in [4.69, 9.17) is 0 Å². The van der Waals surface area contributed by atoms with Crippen molar-refractivity contribution < 1.29 is 0 Å². The fourth-order valence-electron chi connectivity index (χ4n) is 4.25. The molecule has 2 aromatic carbocycles. The van der Waals surface area contributed by atoms with Crippen LogP contribution in [-0.4, -0.2) is 0 Å². The van der Waals surface area contributed by atoms with Crippen molar-refractivity contribution in [2.45, 2.75) is 92.4 Å². The van der Waals surface area contributed by atoms with Crippen molar-refractivity contribution in [1.82, 2.24) is 0 Å². The molecule has 0 heterocycles. The Bertz CT molecular complexity index is 747. The third kappa shape index (κ3) is 5.96. The number of benzene rings is 2. The van der Waals surface area contributed by atoms with Crippen LogP contribution in [-0.2, 0) is 18.3 Å². The van der Waals surface area contributed by atoms with E-state index in [2.05, 4.69) is 91.8 Å². The zero-order valence-corrected chi connectivity index (χ0v) is 18.9. The van der Waals surface area contributed by atoms with Crippen molar-refractivity contribution >= 4 is 0 Å². The summed E-state index contributed by atoms with van der Waals surface area (Å²) in [6.45, 7) is 18.5. The van der Waals surface area contributed by atoms with Gasteiger partial charge in [0.05, 0.1) is 0 Å². The van der Waals surface area contributed by atoms with E-state index < -0.39 is 0 Å². The van der Waals surface area contributed by atoms with Gasteiger partial charge in [-0.1, -0.05) is 77.9 Å². The SMILES string of the molecule is Cc1cc(CC(C)C)ccc1CCCC(C)(C)c1ccc(C(C)C)c(C)c1. The Morgan fingerprint density at radius 3 is 2.11 bits per heavy atom. The molecule has 2 aromatic rings. The molecule has 0 spiro atoms. The molecular weight excluding hydrogens is 324 g/mol. The Morgan fingerprint density at radius 2 is 1.56 bits per heavy atom. The van der Waals surface area contributed by atoms with Gasteiger partial charge in [-0.2, -0.15) is 0 Å². The Morgan fingerprint density at radius 1 is 0.852 bits per heavy atom. The molecule has 0 unspecified atom stereocenters. The number of aryl methyl sites for hydroxylation is 3. The van der Waals surface area contributed by atoms with Gasteiger partial charge >= 0.3 is 0 Å². The molecule has 0 fully saturated rings. The lowest BCUT2D eigenvalue weighted by atomic mass is 9.78. The van der Waals surface area contributed by atoms with E-state index >= 15 is 0 Å². The van der Waals surface area contributed by atoms with Gasteiger partial charge in [-0.3, -0.25) is 0 Å². The van der Waals surface area contributed by atoms with E-state index in [0.29, 0.717) is 5.92 Å². The van der Waals surface area contributed by atoms with Crippen LogP contribution >= 0.6 is 0 Å². The third-order valence-corrected chi connectivity index (χ3v) is 5.97. The first-order valence-corrected chi connectivity index (χ1v) is 10.8. The average Bonchev–Trinajstić information content (AvgIpc) is 2.55. The van der Waals surface area contributed by atoms with E-state index in [-0.39, 0.29) is 5.41 Å². The lowest BCUT2D eigenvalue weighted by Crippen LogP contribution is -2.18. The first-order chi connectivity index (χ1) is 12.6. The first kappa shape index (κ1) is 21.7. The molecule has 0 amide bonds. The second kappa shape index (κ2) is 9.09. The van der Waals surface area contributed by atoms with Crippen LogP contribution in [0.2, 0.25) is 0 Å². The standard InChI is InChI=1S/C27H40/c1-19(2)16-23-11-12-24(21(5)17-23)10-9-15-27(7,8)25-13-14-26(20(3)4)22(6)18-25/h11-14,17-20H,9-10,15-16H2,1-8H3. The molecule has 0 saturated heterocycles. The summed E-state index contributed by atoms with van der Waals surface area (Å²) < 4.78 is 0. The van der Waals surface area contributed by atoms with Crippen LogP contribution in [0.25, 0.3) is 0 Å². The Balaban J connectivity index is 2.00. The minimum Gasteiger partial charge on any atom is -0.0625 e. The summed E-state index contributed by atoms with van der Waals surface area (Å²) in [5, 5.41) is 0. The van der Waals surface area contributed by atoms with Crippen molar-refractivity contribution in [3.8, 4) is 0 Å².